The second kappa shape index (κ2) is 9.37. The van der Waals surface area contributed by atoms with Gasteiger partial charge in [-0.2, -0.15) is 0 Å². The van der Waals surface area contributed by atoms with Crippen molar-refractivity contribution in [3.05, 3.63) is 51.8 Å². The van der Waals surface area contributed by atoms with Gasteiger partial charge in [0.15, 0.2) is 5.96 Å². The van der Waals surface area contributed by atoms with Gasteiger partial charge in [-0.15, -0.1) is 22.7 Å². The van der Waals surface area contributed by atoms with Gasteiger partial charge >= 0.3 is 0 Å². The zero-order valence-corrected chi connectivity index (χ0v) is 18.5. The van der Waals surface area contributed by atoms with E-state index in [0.717, 1.165) is 61.6 Å². The maximum atomic E-state index is 4.58. The first-order valence-corrected chi connectivity index (χ1v) is 11.6. The van der Waals surface area contributed by atoms with Crippen molar-refractivity contribution in [1.82, 2.24) is 20.2 Å². The van der Waals surface area contributed by atoms with Crippen molar-refractivity contribution in [3.63, 3.8) is 0 Å². The minimum atomic E-state index is 0.878. The fraction of sp³-hybridized carbons (Fsp3) is 0.381. The van der Waals surface area contributed by atoms with Crippen molar-refractivity contribution >= 4 is 34.5 Å². The van der Waals surface area contributed by atoms with Crippen LogP contribution in [0.15, 0.2) is 46.9 Å². The van der Waals surface area contributed by atoms with Crippen molar-refractivity contribution < 1.29 is 0 Å². The van der Waals surface area contributed by atoms with Gasteiger partial charge in [0.05, 0.1) is 15.6 Å². The SMILES string of the molecule is CN=C(NCCc1ccc(-c2csc(C)n2)s1)N1CCN(c2ccccn2)CC1. The fourth-order valence-electron chi connectivity index (χ4n) is 3.44. The lowest BCUT2D eigenvalue weighted by Gasteiger charge is -2.37. The number of pyridine rings is 1. The van der Waals surface area contributed by atoms with Crippen LogP contribution in [-0.2, 0) is 6.42 Å². The summed E-state index contributed by atoms with van der Waals surface area (Å²) >= 11 is 3.53. The van der Waals surface area contributed by atoms with E-state index in [1.54, 1.807) is 11.3 Å². The second-order valence-corrected chi connectivity index (χ2v) is 9.13. The Morgan fingerprint density at radius 3 is 2.72 bits per heavy atom. The molecule has 0 atom stereocenters. The van der Waals surface area contributed by atoms with Crippen molar-refractivity contribution in [2.45, 2.75) is 13.3 Å². The predicted octanol–water partition coefficient (Wildman–Crippen LogP) is 3.52. The lowest BCUT2D eigenvalue weighted by atomic mass is 10.3. The molecule has 0 radical (unpaired) electrons. The van der Waals surface area contributed by atoms with Crippen LogP contribution in [0.25, 0.3) is 10.6 Å². The first kappa shape index (κ1) is 19.8. The van der Waals surface area contributed by atoms with Crippen LogP contribution in [0.5, 0.6) is 0 Å². The van der Waals surface area contributed by atoms with Gasteiger partial charge in [-0.05, 0) is 37.6 Å². The van der Waals surface area contributed by atoms with Gasteiger partial charge in [0, 0.05) is 56.2 Å². The summed E-state index contributed by atoms with van der Waals surface area (Å²) in [6.07, 6.45) is 2.84. The molecule has 0 spiro atoms. The third-order valence-electron chi connectivity index (χ3n) is 4.95. The maximum absolute atomic E-state index is 4.58. The van der Waals surface area contributed by atoms with Gasteiger partial charge in [-0.25, -0.2) is 9.97 Å². The Morgan fingerprint density at radius 1 is 1.17 bits per heavy atom. The molecule has 0 amide bonds. The molecular weight excluding hydrogens is 400 g/mol. The number of aromatic nitrogens is 2. The Bertz CT molecular complexity index is 941. The first-order valence-electron chi connectivity index (χ1n) is 9.86. The lowest BCUT2D eigenvalue weighted by Crippen LogP contribution is -2.53. The van der Waals surface area contributed by atoms with Crippen LogP contribution in [0.2, 0.25) is 0 Å². The predicted molar refractivity (Wildman–Crippen MR) is 123 cm³/mol. The maximum Gasteiger partial charge on any atom is 0.193 e. The summed E-state index contributed by atoms with van der Waals surface area (Å²) in [5.74, 6) is 2.04. The highest BCUT2D eigenvalue weighted by Crippen LogP contribution is 2.29. The number of anilines is 1. The highest BCUT2D eigenvalue weighted by atomic mass is 32.1. The van der Waals surface area contributed by atoms with Gasteiger partial charge in [-0.3, -0.25) is 4.99 Å². The van der Waals surface area contributed by atoms with Crippen molar-refractivity contribution in [2.24, 2.45) is 4.99 Å². The molecule has 0 saturated carbocycles. The molecule has 4 heterocycles. The van der Waals surface area contributed by atoms with Crippen molar-refractivity contribution in [1.29, 1.82) is 0 Å². The molecule has 4 rings (SSSR count). The minimum absolute atomic E-state index is 0.878. The van der Waals surface area contributed by atoms with Gasteiger partial charge in [0.1, 0.15) is 5.82 Å². The summed E-state index contributed by atoms with van der Waals surface area (Å²) in [5, 5.41) is 6.78. The van der Waals surface area contributed by atoms with Gasteiger partial charge in [0.2, 0.25) is 0 Å². The number of rotatable bonds is 5. The number of hydrogen-bond acceptors (Lipinski definition) is 6. The van der Waals surface area contributed by atoms with Crippen LogP contribution >= 0.6 is 22.7 Å². The highest BCUT2D eigenvalue weighted by molar-refractivity contribution is 7.16. The molecule has 1 saturated heterocycles. The number of hydrogen-bond donors (Lipinski definition) is 1. The van der Waals surface area contributed by atoms with E-state index in [9.17, 15) is 0 Å². The van der Waals surface area contributed by atoms with Crippen molar-refractivity contribution in [2.75, 3.05) is 44.7 Å². The second-order valence-electron chi connectivity index (χ2n) is 6.90. The molecule has 0 unspecified atom stereocenters. The molecule has 1 fully saturated rings. The Morgan fingerprint density at radius 2 is 2.03 bits per heavy atom. The van der Waals surface area contributed by atoms with E-state index in [2.05, 4.69) is 53.7 Å². The molecule has 0 aliphatic carbocycles. The van der Waals surface area contributed by atoms with Gasteiger partial charge in [-0.1, -0.05) is 6.07 Å². The number of aliphatic imine (C=N–C) groups is 1. The molecular formula is C21H26N6S2. The highest BCUT2D eigenvalue weighted by Gasteiger charge is 2.20. The molecule has 0 bridgehead atoms. The molecule has 29 heavy (non-hydrogen) atoms. The molecule has 3 aromatic rings. The smallest absolute Gasteiger partial charge is 0.193 e. The number of nitrogens with one attached hydrogen (secondary N) is 1. The number of thiophene rings is 1. The Hall–Kier alpha value is -2.45. The summed E-state index contributed by atoms with van der Waals surface area (Å²) < 4.78 is 0. The summed E-state index contributed by atoms with van der Waals surface area (Å²) in [7, 11) is 1.86. The van der Waals surface area contributed by atoms with Crippen LogP contribution in [0.3, 0.4) is 0 Å². The summed E-state index contributed by atoms with van der Waals surface area (Å²) in [6.45, 7) is 6.74. The molecule has 1 aliphatic rings. The number of thiazole rings is 1. The van der Waals surface area contributed by atoms with E-state index >= 15 is 0 Å². The number of aryl methyl sites for hydroxylation is 1. The molecule has 3 aromatic heterocycles. The molecule has 1 N–H and O–H groups in total. The van der Waals surface area contributed by atoms with Crippen LogP contribution in [0.4, 0.5) is 5.82 Å². The number of guanidine groups is 1. The Labute approximate surface area is 180 Å². The average molecular weight is 427 g/mol. The van der Waals surface area contributed by atoms with E-state index in [0.29, 0.717) is 0 Å². The van der Waals surface area contributed by atoms with E-state index in [-0.39, 0.29) is 0 Å². The normalized spacial score (nSPS) is 15.0. The third-order valence-corrected chi connectivity index (χ3v) is 6.89. The largest absolute Gasteiger partial charge is 0.356 e. The molecule has 1 aliphatic heterocycles. The fourth-order valence-corrected chi connectivity index (χ4v) is 5.10. The first-order chi connectivity index (χ1) is 14.2. The topological polar surface area (TPSA) is 56.7 Å². The molecule has 0 aromatic carbocycles. The zero-order chi connectivity index (χ0) is 20.1. The van der Waals surface area contributed by atoms with Crippen LogP contribution < -0.4 is 10.2 Å². The monoisotopic (exact) mass is 426 g/mol. The van der Waals surface area contributed by atoms with E-state index in [1.165, 1.54) is 9.75 Å². The lowest BCUT2D eigenvalue weighted by molar-refractivity contribution is 0.372. The zero-order valence-electron chi connectivity index (χ0n) is 16.8. The Balaban J connectivity index is 1.26. The van der Waals surface area contributed by atoms with Crippen LogP contribution in [0, 0.1) is 6.92 Å². The van der Waals surface area contributed by atoms with E-state index < -0.39 is 0 Å². The number of nitrogens with zero attached hydrogens (tertiary/aromatic N) is 5. The quantitative estimate of drug-likeness (QED) is 0.500. The summed E-state index contributed by atoms with van der Waals surface area (Å²) in [4.78, 5) is 20.8. The minimum Gasteiger partial charge on any atom is -0.356 e. The molecule has 8 heteroatoms. The van der Waals surface area contributed by atoms with Crippen molar-refractivity contribution in [3.8, 4) is 10.6 Å². The van der Waals surface area contributed by atoms with Gasteiger partial charge in [0.25, 0.3) is 0 Å². The number of piperazine rings is 1. The van der Waals surface area contributed by atoms with E-state index in [1.807, 2.05) is 43.6 Å². The summed E-state index contributed by atoms with van der Waals surface area (Å²) in [5.41, 5.74) is 1.10. The molecule has 6 nitrogen and oxygen atoms in total. The Kier molecular flexibility index (Phi) is 6.41. The molecule has 152 valence electrons. The van der Waals surface area contributed by atoms with Gasteiger partial charge < -0.3 is 15.1 Å². The van der Waals surface area contributed by atoms with E-state index in [4.69, 9.17) is 0 Å². The van der Waals surface area contributed by atoms with Crippen LogP contribution in [-0.4, -0.2) is 60.6 Å². The standard InChI is InChI=1S/C21H26N6S2/c1-16-25-18(15-28-16)19-7-6-17(29-19)8-10-24-21(22-2)27-13-11-26(12-14-27)20-5-3-4-9-23-20/h3-7,9,15H,8,10-14H2,1-2H3,(H,22,24). The average Bonchev–Trinajstić information content (AvgIpc) is 3.41. The summed E-state index contributed by atoms with van der Waals surface area (Å²) in [6, 6.07) is 10.5. The third kappa shape index (κ3) is 4.94. The van der Waals surface area contributed by atoms with Crippen LogP contribution in [0.1, 0.15) is 9.88 Å².